The minimum atomic E-state index is -0.333. The molecule has 6 heteroatoms. The lowest BCUT2D eigenvalue weighted by Crippen LogP contribution is -2.41. The molecule has 0 unspecified atom stereocenters. The second-order valence-corrected chi connectivity index (χ2v) is 6.07. The van der Waals surface area contributed by atoms with Crippen molar-refractivity contribution in [1.82, 2.24) is 9.88 Å². The van der Waals surface area contributed by atoms with E-state index in [-0.39, 0.29) is 23.2 Å². The first kappa shape index (κ1) is 17.1. The molecule has 0 saturated carbocycles. The number of hydrogen-bond acceptors (Lipinski definition) is 4. The first-order chi connectivity index (χ1) is 12.0. The lowest BCUT2D eigenvalue weighted by atomic mass is 10.1. The minimum absolute atomic E-state index is 0.177. The zero-order valence-corrected chi connectivity index (χ0v) is 14.4. The fourth-order valence-electron chi connectivity index (χ4n) is 2.62. The van der Waals surface area contributed by atoms with Crippen molar-refractivity contribution in [3.05, 3.63) is 58.9 Å². The number of morpholine rings is 1. The third-order valence-corrected chi connectivity index (χ3v) is 4.26. The summed E-state index contributed by atoms with van der Waals surface area (Å²) in [6.45, 7) is 6.14. The Morgan fingerprint density at radius 2 is 1.76 bits per heavy atom. The number of carbonyl (C=O) groups is 2. The molecular weight excluding hydrogens is 318 g/mol. The summed E-state index contributed by atoms with van der Waals surface area (Å²) >= 11 is 0. The van der Waals surface area contributed by atoms with E-state index < -0.39 is 0 Å². The van der Waals surface area contributed by atoms with Gasteiger partial charge in [-0.2, -0.15) is 0 Å². The number of ether oxygens (including phenoxy) is 1. The molecule has 1 aliphatic rings. The summed E-state index contributed by atoms with van der Waals surface area (Å²) in [7, 11) is 0. The molecule has 2 amide bonds. The molecule has 0 bridgehead atoms. The van der Waals surface area contributed by atoms with Crippen LogP contribution in [0.4, 0.5) is 5.69 Å². The molecule has 6 nitrogen and oxygen atoms in total. The fraction of sp³-hybridized carbons (Fsp3) is 0.316. The van der Waals surface area contributed by atoms with Crippen molar-refractivity contribution >= 4 is 17.5 Å². The largest absolute Gasteiger partial charge is 0.378 e. The number of anilines is 1. The van der Waals surface area contributed by atoms with Crippen molar-refractivity contribution < 1.29 is 14.3 Å². The topological polar surface area (TPSA) is 71.5 Å². The van der Waals surface area contributed by atoms with Crippen molar-refractivity contribution in [2.24, 2.45) is 0 Å². The summed E-state index contributed by atoms with van der Waals surface area (Å²) in [5, 5.41) is 2.83. The quantitative estimate of drug-likeness (QED) is 0.932. The van der Waals surface area contributed by atoms with E-state index >= 15 is 0 Å². The Hall–Kier alpha value is -2.73. The van der Waals surface area contributed by atoms with Crippen LogP contribution in [0.15, 0.2) is 36.4 Å². The Kier molecular flexibility index (Phi) is 5.09. The van der Waals surface area contributed by atoms with Gasteiger partial charge in [0.15, 0.2) is 0 Å². The fourth-order valence-corrected chi connectivity index (χ4v) is 2.62. The van der Waals surface area contributed by atoms with Crippen LogP contribution in [-0.2, 0) is 4.74 Å². The monoisotopic (exact) mass is 339 g/mol. The number of carbonyl (C=O) groups excluding carboxylic acids is 2. The second-order valence-electron chi connectivity index (χ2n) is 6.07. The van der Waals surface area contributed by atoms with E-state index in [4.69, 9.17) is 4.74 Å². The van der Waals surface area contributed by atoms with E-state index in [0.29, 0.717) is 32.0 Å². The van der Waals surface area contributed by atoms with Crippen molar-refractivity contribution in [3.63, 3.8) is 0 Å². The van der Waals surface area contributed by atoms with Crippen LogP contribution in [0.25, 0.3) is 0 Å². The van der Waals surface area contributed by atoms with Gasteiger partial charge in [0.05, 0.1) is 13.2 Å². The maximum Gasteiger partial charge on any atom is 0.274 e. The number of nitrogens with zero attached hydrogens (tertiary/aromatic N) is 2. The number of aryl methyl sites for hydroxylation is 2. The molecular formula is C19H21N3O3. The van der Waals surface area contributed by atoms with Crippen molar-refractivity contribution in [3.8, 4) is 0 Å². The standard InChI is InChI=1S/C19H21N3O3/c1-13-6-7-15(12-14(13)2)20-18(23)16-4-3-5-17(21-16)19(24)22-8-10-25-11-9-22/h3-7,12H,8-11H2,1-2H3,(H,20,23). The van der Waals surface area contributed by atoms with Gasteiger partial charge >= 0.3 is 0 Å². The Balaban J connectivity index is 1.74. The average molecular weight is 339 g/mol. The molecule has 1 N–H and O–H groups in total. The Labute approximate surface area is 146 Å². The highest BCUT2D eigenvalue weighted by atomic mass is 16.5. The first-order valence-corrected chi connectivity index (χ1v) is 8.27. The van der Waals surface area contributed by atoms with E-state index in [0.717, 1.165) is 11.1 Å². The molecule has 130 valence electrons. The highest BCUT2D eigenvalue weighted by molar-refractivity contribution is 6.03. The smallest absolute Gasteiger partial charge is 0.274 e. The molecule has 0 atom stereocenters. The third-order valence-electron chi connectivity index (χ3n) is 4.26. The van der Waals surface area contributed by atoms with Gasteiger partial charge in [0.1, 0.15) is 11.4 Å². The van der Waals surface area contributed by atoms with E-state index in [1.165, 1.54) is 0 Å². The lowest BCUT2D eigenvalue weighted by molar-refractivity contribution is 0.0299. The molecule has 1 aromatic heterocycles. The van der Waals surface area contributed by atoms with Crippen molar-refractivity contribution in [2.75, 3.05) is 31.6 Å². The van der Waals surface area contributed by atoms with Crippen LogP contribution in [0.5, 0.6) is 0 Å². The van der Waals surface area contributed by atoms with Crippen LogP contribution in [0.2, 0.25) is 0 Å². The van der Waals surface area contributed by atoms with Gasteiger partial charge in [0, 0.05) is 18.8 Å². The summed E-state index contributed by atoms with van der Waals surface area (Å²) < 4.78 is 5.25. The molecule has 3 rings (SSSR count). The summed E-state index contributed by atoms with van der Waals surface area (Å²) in [5.74, 6) is -0.510. The number of benzene rings is 1. The summed E-state index contributed by atoms with van der Waals surface area (Å²) in [6.07, 6.45) is 0. The molecule has 1 saturated heterocycles. The SMILES string of the molecule is Cc1ccc(NC(=O)c2cccc(C(=O)N3CCOCC3)n2)cc1C. The summed E-state index contributed by atoms with van der Waals surface area (Å²) in [5.41, 5.74) is 3.46. The van der Waals surface area contributed by atoms with Gasteiger partial charge in [-0.25, -0.2) is 4.98 Å². The maximum absolute atomic E-state index is 12.5. The number of pyridine rings is 1. The Morgan fingerprint density at radius 1 is 1.04 bits per heavy atom. The molecule has 0 spiro atoms. The molecule has 1 aromatic carbocycles. The van der Waals surface area contributed by atoms with Gasteiger partial charge in [-0.05, 0) is 49.2 Å². The average Bonchev–Trinajstić information content (AvgIpc) is 2.65. The van der Waals surface area contributed by atoms with Crippen LogP contribution < -0.4 is 5.32 Å². The van der Waals surface area contributed by atoms with Gasteiger partial charge < -0.3 is 15.0 Å². The maximum atomic E-state index is 12.5. The highest BCUT2D eigenvalue weighted by Gasteiger charge is 2.20. The van der Waals surface area contributed by atoms with Crippen LogP contribution in [0.1, 0.15) is 32.1 Å². The lowest BCUT2D eigenvalue weighted by Gasteiger charge is -2.26. The zero-order chi connectivity index (χ0) is 17.8. The predicted molar refractivity (Wildman–Crippen MR) is 94.8 cm³/mol. The van der Waals surface area contributed by atoms with Gasteiger partial charge in [0.2, 0.25) is 0 Å². The highest BCUT2D eigenvalue weighted by Crippen LogP contribution is 2.15. The number of rotatable bonds is 3. The second kappa shape index (κ2) is 7.44. The van der Waals surface area contributed by atoms with Crippen molar-refractivity contribution in [2.45, 2.75) is 13.8 Å². The van der Waals surface area contributed by atoms with Gasteiger partial charge in [0.25, 0.3) is 11.8 Å². The molecule has 25 heavy (non-hydrogen) atoms. The molecule has 2 aromatic rings. The normalized spacial score (nSPS) is 14.2. The van der Waals surface area contributed by atoms with Crippen LogP contribution in [0.3, 0.4) is 0 Å². The minimum Gasteiger partial charge on any atom is -0.378 e. The number of aromatic nitrogens is 1. The molecule has 0 aliphatic carbocycles. The molecule has 1 aliphatic heterocycles. The molecule has 1 fully saturated rings. The van der Waals surface area contributed by atoms with E-state index in [2.05, 4.69) is 10.3 Å². The van der Waals surface area contributed by atoms with Crippen LogP contribution >= 0.6 is 0 Å². The van der Waals surface area contributed by atoms with Gasteiger partial charge in [-0.1, -0.05) is 12.1 Å². The third kappa shape index (κ3) is 4.03. The summed E-state index contributed by atoms with van der Waals surface area (Å²) in [4.78, 5) is 30.9. The number of nitrogens with one attached hydrogen (secondary N) is 1. The van der Waals surface area contributed by atoms with Crippen LogP contribution in [-0.4, -0.2) is 48.0 Å². The van der Waals surface area contributed by atoms with Gasteiger partial charge in [-0.15, -0.1) is 0 Å². The van der Waals surface area contributed by atoms with E-state index in [1.807, 2.05) is 32.0 Å². The Morgan fingerprint density at radius 3 is 2.48 bits per heavy atom. The summed E-state index contributed by atoms with van der Waals surface area (Å²) in [6, 6.07) is 10.6. The van der Waals surface area contributed by atoms with E-state index in [9.17, 15) is 9.59 Å². The van der Waals surface area contributed by atoms with Crippen molar-refractivity contribution in [1.29, 1.82) is 0 Å². The number of amides is 2. The molecule has 2 heterocycles. The number of hydrogen-bond donors (Lipinski definition) is 1. The van der Waals surface area contributed by atoms with E-state index in [1.54, 1.807) is 23.1 Å². The van der Waals surface area contributed by atoms with Gasteiger partial charge in [-0.3, -0.25) is 9.59 Å². The Bertz CT molecular complexity index is 798. The van der Waals surface area contributed by atoms with Crippen LogP contribution in [0, 0.1) is 13.8 Å². The predicted octanol–water partition coefficient (Wildman–Crippen LogP) is 2.42. The first-order valence-electron chi connectivity index (χ1n) is 8.27. The molecule has 0 radical (unpaired) electrons. The zero-order valence-electron chi connectivity index (χ0n) is 14.4.